The number of nitro groups is 1. The minimum atomic E-state index is -0.418. The number of para-hydroxylation sites is 1. The fourth-order valence-electron chi connectivity index (χ4n) is 2.88. The van der Waals surface area contributed by atoms with Gasteiger partial charge in [-0.25, -0.2) is 0 Å². The van der Waals surface area contributed by atoms with E-state index in [0.29, 0.717) is 17.8 Å². The average Bonchev–Trinajstić information content (AvgIpc) is 2.97. The third-order valence-corrected chi connectivity index (χ3v) is 4.12. The summed E-state index contributed by atoms with van der Waals surface area (Å²) in [6.07, 6.45) is 0.859. The highest BCUT2D eigenvalue weighted by atomic mass is 16.6. The summed E-state index contributed by atoms with van der Waals surface area (Å²) in [5, 5.41) is 14.0. The number of nitrogens with one attached hydrogen (secondary N) is 1. The van der Waals surface area contributed by atoms with Gasteiger partial charge >= 0.3 is 0 Å². The third-order valence-electron chi connectivity index (χ3n) is 4.12. The molecular formula is C17H17N3O3. The van der Waals surface area contributed by atoms with Crippen molar-refractivity contribution in [2.24, 2.45) is 0 Å². The molecule has 0 atom stereocenters. The van der Waals surface area contributed by atoms with E-state index in [1.807, 2.05) is 24.3 Å². The van der Waals surface area contributed by atoms with Crippen molar-refractivity contribution in [3.05, 3.63) is 63.7 Å². The molecule has 2 aromatic rings. The van der Waals surface area contributed by atoms with E-state index in [1.165, 1.54) is 11.6 Å². The van der Waals surface area contributed by atoms with Crippen LogP contribution >= 0.6 is 0 Å². The first-order chi connectivity index (χ1) is 11.1. The maximum absolute atomic E-state index is 12.4. The molecule has 0 unspecified atom stereocenters. The lowest BCUT2D eigenvalue weighted by molar-refractivity contribution is -0.385. The molecule has 1 heterocycles. The van der Waals surface area contributed by atoms with Crippen LogP contribution in [-0.2, 0) is 11.2 Å². The van der Waals surface area contributed by atoms with E-state index in [1.54, 1.807) is 24.0 Å². The minimum absolute atomic E-state index is 0.0409. The van der Waals surface area contributed by atoms with Crippen molar-refractivity contribution < 1.29 is 9.72 Å². The molecule has 0 spiro atoms. The average molecular weight is 311 g/mol. The number of anilines is 2. The van der Waals surface area contributed by atoms with Crippen LogP contribution in [0, 0.1) is 17.0 Å². The second kappa shape index (κ2) is 6.08. The Bertz CT molecular complexity index is 773. The van der Waals surface area contributed by atoms with Crippen LogP contribution in [0.5, 0.6) is 0 Å². The maximum Gasteiger partial charge on any atom is 0.274 e. The minimum Gasteiger partial charge on any atom is -0.376 e. The first-order valence-electron chi connectivity index (χ1n) is 7.44. The van der Waals surface area contributed by atoms with Crippen LogP contribution < -0.4 is 10.2 Å². The van der Waals surface area contributed by atoms with E-state index in [2.05, 4.69) is 5.32 Å². The second-order valence-electron chi connectivity index (χ2n) is 5.48. The van der Waals surface area contributed by atoms with Crippen molar-refractivity contribution in [3.63, 3.8) is 0 Å². The molecule has 0 fully saturated rings. The SMILES string of the molecule is Cc1c(NCC(=O)N2CCc3ccccc32)cccc1[N+](=O)[O-]. The molecular weight excluding hydrogens is 294 g/mol. The Balaban J connectivity index is 1.71. The van der Waals surface area contributed by atoms with Crippen molar-refractivity contribution in [2.45, 2.75) is 13.3 Å². The summed E-state index contributed by atoms with van der Waals surface area (Å²) >= 11 is 0. The molecule has 0 aliphatic carbocycles. The van der Waals surface area contributed by atoms with Crippen molar-refractivity contribution in [2.75, 3.05) is 23.3 Å². The molecule has 0 bridgehead atoms. The number of benzene rings is 2. The van der Waals surface area contributed by atoms with E-state index in [-0.39, 0.29) is 18.1 Å². The Labute approximate surface area is 133 Å². The van der Waals surface area contributed by atoms with Gasteiger partial charge in [-0.3, -0.25) is 14.9 Å². The van der Waals surface area contributed by atoms with Crippen molar-refractivity contribution >= 4 is 23.0 Å². The molecule has 0 aromatic heterocycles. The number of hydrogen-bond acceptors (Lipinski definition) is 4. The van der Waals surface area contributed by atoms with Crippen LogP contribution in [-0.4, -0.2) is 23.9 Å². The number of amides is 1. The zero-order valence-corrected chi connectivity index (χ0v) is 12.8. The highest BCUT2D eigenvalue weighted by Gasteiger charge is 2.24. The van der Waals surface area contributed by atoms with Crippen LogP contribution in [0.1, 0.15) is 11.1 Å². The molecule has 118 valence electrons. The van der Waals surface area contributed by atoms with Gasteiger partial charge in [0, 0.05) is 29.5 Å². The second-order valence-corrected chi connectivity index (χ2v) is 5.48. The number of nitro benzene ring substituents is 1. The summed E-state index contributed by atoms with van der Waals surface area (Å²) in [6, 6.07) is 12.7. The van der Waals surface area contributed by atoms with E-state index >= 15 is 0 Å². The molecule has 0 saturated carbocycles. The fourth-order valence-corrected chi connectivity index (χ4v) is 2.88. The van der Waals surface area contributed by atoms with E-state index in [4.69, 9.17) is 0 Å². The van der Waals surface area contributed by atoms with Gasteiger partial charge in [0.05, 0.1) is 11.5 Å². The summed E-state index contributed by atoms with van der Waals surface area (Å²) in [5.41, 5.74) is 3.32. The number of hydrogen-bond donors (Lipinski definition) is 1. The van der Waals surface area contributed by atoms with Gasteiger partial charge in [-0.15, -0.1) is 0 Å². The molecule has 3 rings (SSSR count). The van der Waals surface area contributed by atoms with Gasteiger partial charge in [-0.2, -0.15) is 0 Å². The van der Waals surface area contributed by atoms with Crippen LogP contribution in [0.2, 0.25) is 0 Å². The predicted molar refractivity (Wildman–Crippen MR) is 88.8 cm³/mol. The number of rotatable bonds is 4. The lowest BCUT2D eigenvalue weighted by atomic mass is 10.1. The Morgan fingerprint density at radius 2 is 2.04 bits per heavy atom. The quantitative estimate of drug-likeness (QED) is 0.696. The fraction of sp³-hybridized carbons (Fsp3) is 0.235. The van der Waals surface area contributed by atoms with Crippen LogP contribution in [0.4, 0.5) is 17.1 Å². The van der Waals surface area contributed by atoms with E-state index < -0.39 is 4.92 Å². The Kier molecular flexibility index (Phi) is 3.97. The van der Waals surface area contributed by atoms with E-state index in [9.17, 15) is 14.9 Å². The van der Waals surface area contributed by atoms with Gasteiger partial charge in [-0.05, 0) is 31.0 Å². The topological polar surface area (TPSA) is 75.5 Å². The first kappa shape index (κ1) is 15.0. The van der Waals surface area contributed by atoms with Crippen molar-refractivity contribution in [1.29, 1.82) is 0 Å². The van der Waals surface area contributed by atoms with Crippen LogP contribution in [0.3, 0.4) is 0 Å². The summed E-state index contributed by atoms with van der Waals surface area (Å²) < 4.78 is 0. The zero-order valence-electron chi connectivity index (χ0n) is 12.8. The zero-order chi connectivity index (χ0) is 16.4. The lowest BCUT2D eigenvalue weighted by Gasteiger charge is -2.18. The van der Waals surface area contributed by atoms with Crippen LogP contribution in [0.25, 0.3) is 0 Å². The van der Waals surface area contributed by atoms with Gasteiger partial charge in [0.1, 0.15) is 0 Å². The molecule has 0 saturated heterocycles. The highest BCUT2D eigenvalue weighted by molar-refractivity contribution is 5.98. The van der Waals surface area contributed by atoms with Crippen LogP contribution in [0.15, 0.2) is 42.5 Å². The normalized spacial score (nSPS) is 12.8. The largest absolute Gasteiger partial charge is 0.376 e. The van der Waals surface area contributed by atoms with E-state index in [0.717, 1.165) is 12.1 Å². The molecule has 2 aromatic carbocycles. The number of carbonyl (C=O) groups is 1. The molecule has 1 aliphatic rings. The standard InChI is InChI=1S/C17H17N3O3/c1-12-14(6-4-8-15(12)20(22)23)18-11-17(21)19-10-9-13-5-2-3-7-16(13)19/h2-8,18H,9-11H2,1H3. The summed E-state index contributed by atoms with van der Waals surface area (Å²) in [6.45, 7) is 2.46. The summed E-state index contributed by atoms with van der Waals surface area (Å²) in [7, 11) is 0. The van der Waals surface area contributed by atoms with Crippen molar-refractivity contribution in [1.82, 2.24) is 0 Å². The number of carbonyl (C=O) groups excluding carboxylic acids is 1. The molecule has 1 N–H and O–H groups in total. The monoisotopic (exact) mass is 311 g/mol. The third kappa shape index (κ3) is 2.88. The first-order valence-corrected chi connectivity index (χ1v) is 7.44. The molecule has 1 amide bonds. The summed E-state index contributed by atoms with van der Waals surface area (Å²) in [5.74, 6) is -0.0409. The number of fused-ring (bicyclic) bond motifs is 1. The molecule has 1 aliphatic heterocycles. The maximum atomic E-state index is 12.4. The van der Waals surface area contributed by atoms with Gasteiger partial charge < -0.3 is 10.2 Å². The number of nitrogens with zero attached hydrogens (tertiary/aromatic N) is 2. The summed E-state index contributed by atoms with van der Waals surface area (Å²) in [4.78, 5) is 24.7. The Morgan fingerprint density at radius 1 is 1.26 bits per heavy atom. The Morgan fingerprint density at radius 3 is 2.83 bits per heavy atom. The Hall–Kier alpha value is -2.89. The molecule has 6 nitrogen and oxygen atoms in total. The molecule has 23 heavy (non-hydrogen) atoms. The van der Waals surface area contributed by atoms with Gasteiger partial charge in [0.2, 0.25) is 5.91 Å². The van der Waals surface area contributed by atoms with Gasteiger partial charge in [-0.1, -0.05) is 24.3 Å². The molecule has 6 heteroatoms. The van der Waals surface area contributed by atoms with Gasteiger partial charge in [0.25, 0.3) is 5.69 Å². The smallest absolute Gasteiger partial charge is 0.274 e. The van der Waals surface area contributed by atoms with Gasteiger partial charge in [0.15, 0.2) is 0 Å². The highest BCUT2D eigenvalue weighted by Crippen LogP contribution is 2.28. The van der Waals surface area contributed by atoms with Crippen molar-refractivity contribution in [3.8, 4) is 0 Å². The lowest BCUT2D eigenvalue weighted by Crippen LogP contribution is -2.34. The molecule has 0 radical (unpaired) electrons. The predicted octanol–water partition coefficient (Wildman–Crippen LogP) is 2.90.